The van der Waals surface area contributed by atoms with Crippen molar-refractivity contribution < 1.29 is 4.79 Å². The lowest BCUT2D eigenvalue weighted by atomic mass is 9.97. The summed E-state index contributed by atoms with van der Waals surface area (Å²) in [6.07, 6.45) is 8.81. The molecule has 2 aromatic heterocycles. The van der Waals surface area contributed by atoms with Crippen LogP contribution in [0.15, 0.2) is 30.6 Å². The monoisotopic (exact) mass is 372 g/mol. The lowest BCUT2D eigenvalue weighted by Gasteiger charge is -2.35. The molecule has 1 N–H and O–H groups in total. The third-order valence-electron chi connectivity index (χ3n) is 4.77. The van der Waals surface area contributed by atoms with Gasteiger partial charge in [-0.1, -0.05) is 24.9 Å². The molecule has 1 saturated heterocycles. The zero-order valence-electron chi connectivity index (χ0n) is 15.3. The molecule has 3 rings (SSSR count). The van der Waals surface area contributed by atoms with Crippen LogP contribution < -0.4 is 5.32 Å². The number of anilines is 2. The normalized spacial score (nSPS) is 17.2. The van der Waals surface area contributed by atoms with Gasteiger partial charge in [0.1, 0.15) is 5.82 Å². The SMILES string of the molecule is CCC[C@@H]1CCCCN1C(=O)c1cnc(Nc2ccc(C)nc2)c(Cl)c1. The summed E-state index contributed by atoms with van der Waals surface area (Å²) in [6.45, 7) is 4.91. The number of hydrogen-bond donors (Lipinski definition) is 1. The Morgan fingerprint density at radius 1 is 1.31 bits per heavy atom. The number of aromatic nitrogens is 2. The number of hydrogen-bond acceptors (Lipinski definition) is 4. The van der Waals surface area contributed by atoms with Crippen molar-refractivity contribution in [3.63, 3.8) is 0 Å². The van der Waals surface area contributed by atoms with Crippen molar-refractivity contribution in [1.82, 2.24) is 14.9 Å². The molecular weight excluding hydrogens is 348 g/mol. The maximum atomic E-state index is 12.9. The molecule has 0 unspecified atom stereocenters. The molecular formula is C20H25ClN4O. The lowest BCUT2D eigenvalue weighted by molar-refractivity contribution is 0.0600. The third-order valence-corrected chi connectivity index (χ3v) is 5.06. The molecule has 0 bridgehead atoms. The molecule has 0 spiro atoms. The number of halogens is 1. The fourth-order valence-electron chi connectivity index (χ4n) is 3.39. The van der Waals surface area contributed by atoms with Crippen LogP contribution in [0.5, 0.6) is 0 Å². The Hall–Kier alpha value is -2.14. The number of carbonyl (C=O) groups excluding carboxylic acids is 1. The lowest BCUT2D eigenvalue weighted by Crippen LogP contribution is -2.43. The van der Waals surface area contributed by atoms with E-state index in [1.165, 1.54) is 6.42 Å². The van der Waals surface area contributed by atoms with Crippen molar-refractivity contribution in [3.05, 3.63) is 46.9 Å². The van der Waals surface area contributed by atoms with Gasteiger partial charge in [-0.25, -0.2) is 4.98 Å². The first-order valence-electron chi connectivity index (χ1n) is 9.24. The highest BCUT2D eigenvalue weighted by Gasteiger charge is 2.27. The average molecular weight is 373 g/mol. The van der Waals surface area contributed by atoms with Crippen LogP contribution in [-0.2, 0) is 0 Å². The highest BCUT2D eigenvalue weighted by molar-refractivity contribution is 6.33. The van der Waals surface area contributed by atoms with E-state index in [2.05, 4.69) is 22.2 Å². The minimum atomic E-state index is 0.0288. The molecule has 0 aliphatic carbocycles. The van der Waals surface area contributed by atoms with Crippen molar-refractivity contribution in [2.75, 3.05) is 11.9 Å². The number of carbonyl (C=O) groups is 1. The van der Waals surface area contributed by atoms with Crippen LogP contribution in [0.1, 0.15) is 55.1 Å². The fraction of sp³-hybridized carbons (Fsp3) is 0.450. The molecule has 1 amide bonds. The topological polar surface area (TPSA) is 58.1 Å². The predicted octanol–water partition coefficient (Wildman–Crippen LogP) is 4.98. The minimum Gasteiger partial charge on any atom is -0.338 e. The second-order valence-electron chi connectivity index (χ2n) is 6.80. The van der Waals surface area contributed by atoms with Gasteiger partial charge in [-0.15, -0.1) is 0 Å². The van der Waals surface area contributed by atoms with Crippen molar-refractivity contribution in [1.29, 1.82) is 0 Å². The van der Waals surface area contributed by atoms with Gasteiger partial charge in [0.15, 0.2) is 0 Å². The van der Waals surface area contributed by atoms with E-state index in [1.54, 1.807) is 18.5 Å². The molecule has 1 aliphatic heterocycles. The number of amides is 1. The summed E-state index contributed by atoms with van der Waals surface area (Å²) in [5.74, 6) is 0.554. The number of pyridine rings is 2. The molecule has 0 radical (unpaired) electrons. The first-order chi connectivity index (χ1) is 12.6. The Morgan fingerprint density at radius 2 is 2.15 bits per heavy atom. The van der Waals surface area contributed by atoms with E-state index < -0.39 is 0 Å². The van der Waals surface area contributed by atoms with Gasteiger partial charge in [0.05, 0.1) is 22.5 Å². The Morgan fingerprint density at radius 3 is 2.85 bits per heavy atom. The average Bonchev–Trinajstić information content (AvgIpc) is 2.65. The van der Waals surface area contributed by atoms with Gasteiger partial charge in [-0.3, -0.25) is 9.78 Å². The molecule has 5 nitrogen and oxygen atoms in total. The van der Waals surface area contributed by atoms with Crippen molar-refractivity contribution in [2.45, 2.75) is 52.0 Å². The molecule has 1 aliphatic rings. The summed E-state index contributed by atoms with van der Waals surface area (Å²) < 4.78 is 0. The quantitative estimate of drug-likeness (QED) is 0.804. The zero-order chi connectivity index (χ0) is 18.5. The number of aryl methyl sites for hydroxylation is 1. The molecule has 138 valence electrons. The predicted molar refractivity (Wildman–Crippen MR) is 105 cm³/mol. The van der Waals surface area contributed by atoms with Crippen LogP contribution in [0.4, 0.5) is 11.5 Å². The molecule has 1 atom stereocenters. The molecule has 3 heterocycles. The summed E-state index contributed by atoms with van der Waals surface area (Å²) in [5.41, 5.74) is 2.30. The molecule has 2 aromatic rings. The Kier molecular flexibility index (Phi) is 6.09. The van der Waals surface area contributed by atoms with E-state index in [0.717, 1.165) is 43.6 Å². The largest absolute Gasteiger partial charge is 0.338 e. The van der Waals surface area contributed by atoms with Crippen molar-refractivity contribution in [3.8, 4) is 0 Å². The maximum absolute atomic E-state index is 12.9. The summed E-state index contributed by atoms with van der Waals surface area (Å²) in [6, 6.07) is 5.87. The summed E-state index contributed by atoms with van der Waals surface area (Å²) in [4.78, 5) is 23.5. The fourth-order valence-corrected chi connectivity index (χ4v) is 3.61. The van der Waals surface area contributed by atoms with Crippen LogP contribution in [0.3, 0.4) is 0 Å². The molecule has 1 fully saturated rings. The minimum absolute atomic E-state index is 0.0288. The van der Waals surface area contributed by atoms with E-state index in [9.17, 15) is 4.79 Å². The Labute approximate surface area is 159 Å². The van der Waals surface area contributed by atoms with Gasteiger partial charge in [-0.2, -0.15) is 0 Å². The van der Waals surface area contributed by atoms with Gasteiger partial charge >= 0.3 is 0 Å². The van der Waals surface area contributed by atoms with Crippen LogP contribution in [0.25, 0.3) is 0 Å². The molecule has 6 heteroatoms. The Balaban J connectivity index is 1.75. The van der Waals surface area contributed by atoms with E-state index in [-0.39, 0.29) is 5.91 Å². The van der Waals surface area contributed by atoms with Crippen molar-refractivity contribution >= 4 is 29.0 Å². The summed E-state index contributed by atoms with van der Waals surface area (Å²) >= 11 is 6.37. The maximum Gasteiger partial charge on any atom is 0.255 e. The van der Waals surface area contributed by atoms with Crippen LogP contribution in [-0.4, -0.2) is 33.4 Å². The van der Waals surface area contributed by atoms with Gasteiger partial charge in [0.25, 0.3) is 5.91 Å². The summed E-state index contributed by atoms with van der Waals surface area (Å²) in [5, 5.41) is 3.57. The zero-order valence-corrected chi connectivity index (χ0v) is 16.1. The number of rotatable bonds is 5. The molecule has 0 saturated carbocycles. The number of nitrogens with one attached hydrogen (secondary N) is 1. The number of piperidine rings is 1. The highest BCUT2D eigenvalue weighted by atomic mass is 35.5. The van der Waals surface area contributed by atoms with E-state index in [0.29, 0.717) is 22.4 Å². The van der Waals surface area contributed by atoms with Crippen LogP contribution in [0, 0.1) is 6.92 Å². The second-order valence-corrected chi connectivity index (χ2v) is 7.21. The van der Waals surface area contributed by atoms with Gasteiger partial charge < -0.3 is 10.2 Å². The number of likely N-dealkylation sites (tertiary alicyclic amines) is 1. The first kappa shape index (κ1) is 18.6. The van der Waals surface area contributed by atoms with E-state index >= 15 is 0 Å². The van der Waals surface area contributed by atoms with Gasteiger partial charge in [0, 0.05) is 24.5 Å². The molecule has 0 aromatic carbocycles. The van der Waals surface area contributed by atoms with Crippen molar-refractivity contribution in [2.24, 2.45) is 0 Å². The van der Waals surface area contributed by atoms with Crippen LogP contribution in [0.2, 0.25) is 5.02 Å². The first-order valence-corrected chi connectivity index (χ1v) is 9.62. The Bertz CT molecular complexity index is 761. The van der Waals surface area contributed by atoms with Crippen LogP contribution >= 0.6 is 11.6 Å². The van der Waals surface area contributed by atoms with Gasteiger partial charge in [0.2, 0.25) is 0 Å². The number of nitrogens with zero attached hydrogens (tertiary/aromatic N) is 3. The molecule has 26 heavy (non-hydrogen) atoms. The van der Waals surface area contributed by atoms with E-state index in [4.69, 9.17) is 11.6 Å². The standard InChI is InChI=1S/C20H25ClN4O/c1-3-6-17-7-4-5-10-25(17)20(26)15-11-18(21)19(23-12-15)24-16-9-8-14(2)22-13-16/h8-9,11-13,17H,3-7,10H2,1-2H3,(H,23,24)/t17-/m1/s1. The van der Waals surface area contributed by atoms with Gasteiger partial charge in [-0.05, 0) is 50.8 Å². The van der Waals surface area contributed by atoms with E-state index in [1.807, 2.05) is 24.0 Å². The highest BCUT2D eigenvalue weighted by Crippen LogP contribution is 2.27. The summed E-state index contributed by atoms with van der Waals surface area (Å²) in [7, 11) is 0. The third kappa shape index (κ3) is 4.33. The smallest absolute Gasteiger partial charge is 0.255 e. The second kappa shape index (κ2) is 8.49.